The number of rotatable bonds is 7. The summed E-state index contributed by atoms with van der Waals surface area (Å²) in [6, 6.07) is 5.90. The first-order chi connectivity index (χ1) is 9.33. The fourth-order valence-corrected chi connectivity index (χ4v) is 2.21. The fraction of sp³-hybridized carbons (Fsp3) is 0.357. The van der Waals surface area contributed by atoms with E-state index in [4.69, 9.17) is 9.47 Å². The van der Waals surface area contributed by atoms with Crippen molar-refractivity contribution in [2.75, 3.05) is 18.5 Å². The van der Waals surface area contributed by atoms with Crippen LogP contribution in [0, 0.1) is 0 Å². The highest BCUT2D eigenvalue weighted by Gasteiger charge is 2.06. The van der Waals surface area contributed by atoms with E-state index in [-0.39, 0.29) is 0 Å². The molecule has 0 spiro atoms. The zero-order valence-corrected chi connectivity index (χ0v) is 12.0. The molecule has 0 amide bonds. The van der Waals surface area contributed by atoms with Gasteiger partial charge in [0.2, 0.25) is 0 Å². The minimum Gasteiger partial charge on any atom is -0.490 e. The van der Waals surface area contributed by atoms with Crippen LogP contribution in [0.4, 0.5) is 5.69 Å². The Morgan fingerprint density at radius 1 is 1.16 bits per heavy atom. The fourth-order valence-electron chi connectivity index (χ4n) is 1.68. The van der Waals surface area contributed by atoms with Gasteiger partial charge in [-0.05, 0) is 26.0 Å². The molecule has 1 heterocycles. The molecule has 1 aromatic heterocycles. The van der Waals surface area contributed by atoms with E-state index in [1.807, 2.05) is 43.8 Å². The molecule has 2 aromatic rings. The predicted octanol–water partition coefficient (Wildman–Crippen LogP) is 3.55. The summed E-state index contributed by atoms with van der Waals surface area (Å²) in [6.07, 6.45) is 1.87. The molecule has 0 aliphatic heterocycles. The van der Waals surface area contributed by atoms with E-state index in [9.17, 15) is 0 Å². The van der Waals surface area contributed by atoms with Crippen molar-refractivity contribution in [1.82, 2.24) is 4.98 Å². The van der Waals surface area contributed by atoms with Crippen LogP contribution < -0.4 is 14.8 Å². The number of anilines is 1. The first kappa shape index (κ1) is 13.7. The van der Waals surface area contributed by atoms with Crippen molar-refractivity contribution in [3.63, 3.8) is 0 Å². The van der Waals surface area contributed by atoms with Crippen LogP contribution in [-0.2, 0) is 6.54 Å². The van der Waals surface area contributed by atoms with Crippen LogP contribution in [0.1, 0.15) is 18.7 Å². The number of ether oxygens (including phenoxy) is 2. The summed E-state index contributed by atoms with van der Waals surface area (Å²) in [5.41, 5.74) is 2.85. The lowest BCUT2D eigenvalue weighted by Crippen LogP contribution is -2.01. The molecule has 19 heavy (non-hydrogen) atoms. The second-order valence-corrected chi connectivity index (χ2v) is 4.82. The summed E-state index contributed by atoms with van der Waals surface area (Å²) >= 11 is 1.64. The minimum absolute atomic E-state index is 0.623. The van der Waals surface area contributed by atoms with Crippen LogP contribution in [0.25, 0.3) is 0 Å². The molecule has 0 unspecified atom stereocenters. The Morgan fingerprint density at radius 3 is 2.63 bits per heavy atom. The average molecular weight is 278 g/mol. The molecule has 0 aliphatic carbocycles. The highest BCUT2D eigenvalue weighted by Crippen LogP contribution is 2.30. The van der Waals surface area contributed by atoms with Gasteiger partial charge in [0.1, 0.15) is 0 Å². The highest BCUT2D eigenvalue weighted by molar-refractivity contribution is 7.09. The smallest absolute Gasteiger partial charge is 0.163 e. The quantitative estimate of drug-likeness (QED) is 0.841. The SMILES string of the molecule is CCOc1ccc(NCc2cncs2)cc1OCC. The van der Waals surface area contributed by atoms with Gasteiger partial charge in [-0.2, -0.15) is 0 Å². The van der Waals surface area contributed by atoms with Crippen molar-refractivity contribution in [2.24, 2.45) is 0 Å². The van der Waals surface area contributed by atoms with Gasteiger partial charge in [-0.15, -0.1) is 11.3 Å². The number of nitrogens with zero attached hydrogens (tertiary/aromatic N) is 1. The van der Waals surface area contributed by atoms with Gasteiger partial charge in [-0.1, -0.05) is 0 Å². The monoisotopic (exact) mass is 278 g/mol. The standard InChI is InChI=1S/C14H18N2O2S/c1-3-17-13-6-5-11(7-14(13)18-4-2)16-9-12-8-15-10-19-12/h5-8,10,16H,3-4,9H2,1-2H3. The van der Waals surface area contributed by atoms with Crippen LogP contribution in [0.15, 0.2) is 29.9 Å². The second kappa shape index (κ2) is 6.99. The van der Waals surface area contributed by atoms with E-state index < -0.39 is 0 Å². The highest BCUT2D eigenvalue weighted by atomic mass is 32.1. The van der Waals surface area contributed by atoms with Crippen molar-refractivity contribution < 1.29 is 9.47 Å². The number of thiazole rings is 1. The molecule has 0 saturated heterocycles. The van der Waals surface area contributed by atoms with E-state index >= 15 is 0 Å². The summed E-state index contributed by atoms with van der Waals surface area (Å²) < 4.78 is 11.1. The summed E-state index contributed by atoms with van der Waals surface area (Å²) in [5, 5.41) is 3.35. The molecule has 0 bridgehead atoms. The zero-order chi connectivity index (χ0) is 13.5. The molecule has 0 aliphatic rings. The van der Waals surface area contributed by atoms with Crippen molar-refractivity contribution >= 4 is 17.0 Å². The van der Waals surface area contributed by atoms with E-state index in [0.29, 0.717) is 13.2 Å². The third-order valence-electron chi connectivity index (χ3n) is 2.49. The van der Waals surface area contributed by atoms with Crippen LogP contribution in [0.3, 0.4) is 0 Å². The van der Waals surface area contributed by atoms with E-state index in [1.165, 1.54) is 4.88 Å². The maximum absolute atomic E-state index is 5.59. The molecular formula is C14H18N2O2S. The maximum atomic E-state index is 5.59. The molecule has 2 rings (SSSR count). The van der Waals surface area contributed by atoms with E-state index in [2.05, 4.69) is 10.3 Å². The number of hydrogen-bond donors (Lipinski definition) is 1. The van der Waals surface area contributed by atoms with Crippen LogP contribution in [-0.4, -0.2) is 18.2 Å². The summed E-state index contributed by atoms with van der Waals surface area (Å²) in [4.78, 5) is 5.25. The predicted molar refractivity (Wildman–Crippen MR) is 78.2 cm³/mol. The van der Waals surface area contributed by atoms with Gasteiger partial charge in [-0.3, -0.25) is 4.98 Å². The lowest BCUT2D eigenvalue weighted by atomic mass is 10.2. The summed E-state index contributed by atoms with van der Waals surface area (Å²) in [7, 11) is 0. The molecular weight excluding hydrogens is 260 g/mol. The molecule has 0 fully saturated rings. The minimum atomic E-state index is 0.623. The Bertz CT molecular complexity index is 500. The van der Waals surface area contributed by atoms with E-state index in [0.717, 1.165) is 23.7 Å². The van der Waals surface area contributed by atoms with Gasteiger partial charge in [0.05, 0.1) is 25.3 Å². The molecule has 0 saturated carbocycles. The van der Waals surface area contributed by atoms with Gasteiger partial charge in [0.25, 0.3) is 0 Å². The molecule has 1 aromatic carbocycles. The Labute approximate surface area is 117 Å². The van der Waals surface area contributed by atoms with Gasteiger partial charge in [-0.25, -0.2) is 0 Å². The van der Waals surface area contributed by atoms with Crippen LogP contribution in [0.5, 0.6) is 11.5 Å². The van der Waals surface area contributed by atoms with Crippen molar-refractivity contribution in [1.29, 1.82) is 0 Å². The lowest BCUT2D eigenvalue weighted by Gasteiger charge is -2.13. The first-order valence-electron chi connectivity index (χ1n) is 6.34. The molecule has 5 heteroatoms. The molecule has 4 nitrogen and oxygen atoms in total. The Balaban J connectivity index is 2.06. The Kier molecular flexibility index (Phi) is 5.03. The number of aromatic nitrogens is 1. The van der Waals surface area contributed by atoms with Crippen LogP contribution >= 0.6 is 11.3 Å². The first-order valence-corrected chi connectivity index (χ1v) is 7.22. The van der Waals surface area contributed by atoms with Crippen LogP contribution in [0.2, 0.25) is 0 Å². The molecule has 102 valence electrons. The third-order valence-corrected chi connectivity index (χ3v) is 3.27. The van der Waals surface area contributed by atoms with Crippen molar-refractivity contribution in [2.45, 2.75) is 20.4 Å². The Hall–Kier alpha value is -1.75. The average Bonchev–Trinajstić information content (AvgIpc) is 2.93. The van der Waals surface area contributed by atoms with Gasteiger partial charge in [0.15, 0.2) is 11.5 Å². The molecule has 1 N–H and O–H groups in total. The summed E-state index contributed by atoms with van der Waals surface area (Å²) in [5.74, 6) is 1.56. The molecule has 0 radical (unpaired) electrons. The Morgan fingerprint density at radius 2 is 1.95 bits per heavy atom. The largest absolute Gasteiger partial charge is 0.490 e. The van der Waals surface area contributed by atoms with Crippen molar-refractivity contribution in [3.8, 4) is 11.5 Å². The van der Waals surface area contributed by atoms with Gasteiger partial charge < -0.3 is 14.8 Å². The van der Waals surface area contributed by atoms with Crippen molar-refractivity contribution in [3.05, 3.63) is 34.8 Å². The molecule has 0 atom stereocenters. The lowest BCUT2D eigenvalue weighted by molar-refractivity contribution is 0.288. The summed E-state index contributed by atoms with van der Waals surface area (Å²) in [6.45, 7) is 5.95. The topological polar surface area (TPSA) is 43.4 Å². The van der Waals surface area contributed by atoms with E-state index in [1.54, 1.807) is 11.3 Å². The number of nitrogens with one attached hydrogen (secondary N) is 1. The van der Waals surface area contributed by atoms with Gasteiger partial charge >= 0.3 is 0 Å². The normalized spacial score (nSPS) is 10.2. The second-order valence-electron chi connectivity index (χ2n) is 3.85. The zero-order valence-electron chi connectivity index (χ0n) is 11.2. The number of hydrogen-bond acceptors (Lipinski definition) is 5. The number of benzene rings is 1. The third kappa shape index (κ3) is 3.86. The maximum Gasteiger partial charge on any atom is 0.163 e. The van der Waals surface area contributed by atoms with Gasteiger partial charge in [0, 0.05) is 22.8 Å².